The quantitative estimate of drug-likeness (QED) is 0.170. The monoisotopic (exact) mass is 685 g/mol. The Morgan fingerprint density at radius 2 is 1.00 bits per heavy atom. The number of benzene rings is 6. The lowest BCUT2D eigenvalue weighted by atomic mass is 9.70. The molecule has 3 nitrogen and oxygen atoms in total. The Hall–Kier alpha value is -5.07. The second kappa shape index (κ2) is 9.22. The number of fused-ring (bicyclic) bond motifs is 13. The minimum atomic E-state index is -0.377. The summed E-state index contributed by atoms with van der Waals surface area (Å²) in [6, 6.07) is 51.1. The Bertz CT molecular complexity index is 2440. The van der Waals surface area contributed by atoms with Crippen molar-refractivity contribution in [3.8, 4) is 44.8 Å². The fourth-order valence-electron chi connectivity index (χ4n) is 8.00. The van der Waals surface area contributed by atoms with Crippen LogP contribution in [0.1, 0.15) is 22.3 Å². The molecule has 0 atom stereocenters. The molecule has 0 saturated carbocycles. The number of rotatable bonds is 2. The number of hydrogen-bond acceptors (Lipinski definition) is 2. The SMILES string of the molecule is Ic1ccc(-c2nnc3c4ccccc4c(-c4ccc5c(c4)C4(c6ccccc6-c6ccccc64)c4ccccc4-5)cn23)cc1. The molecule has 6 aromatic carbocycles. The second-order valence-electron chi connectivity index (χ2n) is 12.0. The van der Waals surface area contributed by atoms with Crippen molar-refractivity contribution >= 4 is 39.0 Å². The number of pyridine rings is 1. The first kappa shape index (κ1) is 25.3. The second-order valence-corrected chi connectivity index (χ2v) is 13.2. The molecule has 0 fully saturated rings. The van der Waals surface area contributed by atoms with Crippen LogP contribution in [-0.2, 0) is 5.41 Å². The van der Waals surface area contributed by atoms with Gasteiger partial charge in [0.1, 0.15) is 0 Å². The van der Waals surface area contributed by atoms with Gasteiger partial charge in [-0.25, -0.2) is 0 Å². The van der Waals surface area contributed by atoms with Crippen LogP contribution in [0, 0.1) is 3.57 Å². The van der Waals surface area contributed by atoms with E-state index in [4.69, 9.17) is 0 Å². The van der Waals surface area contributed by atoms with Crippen molar-refractivity contribution < 1.29 is 0 Å². The minimum absolute atomic E-state index is 0.377. The summed E-state index contributed by atoms with van der Waals surface area (Å²) in [4.78, 5) is 0. The van der Waals surface area contributed by atoms with Crippen LogP contribution in [0.5, 0.6) is 0 Å². The summed E-state index contributed by atoms with van der Waals surface area (Å²) in [5.41, 5.74) is 14.5. The first-order valence-corrected chi connectivity index (χ1v) is 16.3. The third-order valence-corrected chi connectivity index (χ3v) is 10.5. The van der Waals surface area contributed by atoms with Gasteiger partial charge < -0.3 is 0 Å². The van der Waals surface area contributed by atoms with Gasteiger partial charge in [-0.05, 0) is 96.2 Å². The van der Waals surface area contributed by atoms with Crippen LogP contribution in [-0.4, -0.2) is 14.6 Å². The van der Waals surface area contributed by atoms with Gasteiger partial charge in [0.25, 0.3) is 0 Å². The summed E-state index contributed by atoms with van der Waals surface area (Å²) in [6.45, 7) is 0. The molecule has 0 N–H and O–H groups in total. The Morgan fingerprint density at radius 1 is 0.467 bits per heavy atom. The number of hydrogen-bond donors (Lipinski definition) is 0. The highest BCUT2D eigenvalue weighted by Gasteiger charge is 2.51. The van der Waals surface area contributed by atoms with Gasteiger partial charge in [0.15, 0.2) is 11.5 Å². The van der Waals surface area contributed by atoms with E-state index in [0.29, 0.717) is 0 Å². The van der Waals surface area contributed by atoms with Gasteiger partial charge in [-0.2, -0.15) is 0 Å². The van der Waals surface area contributed by atoms with Crippen LogP contribution in [0.25, 0.3) is 61.2 Å². The summed E-state index contributed by atoms with van der Waals surface area (Å²) < 4.78 is 3.36. The van der Waals surface area contributed by atoms with Crippen LogP contribution < -0.4 is 0 Å². The average molecular weight is 686 g/mol. The zero-order valence-electron chi connectivity index (χ0n) is 24.1. The first-order valence-electron chi connectivity index (χ1n) is 15.2. The maximum Gasteiger partial charge on any atom is 0.169 e. The van der Waals surface area contributed by atoms with Gasteiger partial charge in [-0.1, -0.05) is 121 Å². The highest BCUT2D eigenvalue weighted by atomic mass is 127. The zero-order chi connectivity index (χ0) is 29.7. The van der Waals surface area contributed by atoms with Crippen molar-refractivity contribution in [2.45, 2.75) is 5.41 Å². The number of halogens is 1. The molecule has 0 unspecified atom stereocenters. The fourth-order valence-corrected chi connectivity index (χ4v) is 8.36. The molecule has 2 heterocycles. The molecule has 1 spiro atoms. The number of nitrogens with zero attached hydrogens (tertiary/aromatic N) is 3. The van der Waals surface area contributed by atoms with Gasteiger partial charge in [0.05, 0.1) is 5.41 Å². The van der Waals surface area contributed by atoms with E-state index < -0.39 is 0 Å². The van der Waals surface area contributed by atoms with E-state index in [9.17, 15) is 0 Å². The molecule has 8 aromatic rings. The lowest BCUT2D eigenvalue weighted by Gasteiger charge is -2.30. The minimum Gasteiger partial charge on any atom is -0.281 e. The van der Waals surface area contributed by atoms with E-state index in [2.05, 4.69) is 183 Å². The molecule has 4 heteroatoms. The third kappa shape index (κ3) is 3.30. The highest BCUT2D eigenvalue weighted by Crippen LogP contribution is 2.63. The lowest BCUT2D eigenvalue weighted by molar-refractivity contribution is 0.794. The van der Waals surface area contributed by atoms with Gasteiger partial charge in [-0.15, -0.1) is 10.2 Å². The predicted molar refractivity (Wildman–Crippen MR) is 190 cm³/mol. The van der Waals surface area contributed by atoms with Crippen molar-refractivity contribution in [2.24, 2.45) is 0 Å². The van der Waals surface area contributed by atoms with E-state index in [1.165, 1.54) is 59.0 Å². The number of aromatic nitrogens is 3. The Labute approximate surface area is 274 Å². The molecule has 2 aliphatic carbocycles. The smallest absolute Gasteiger partial charge is 0.169 e. The van der Waals surface area contributed by atoms with Crippen molar-refractivity contribution in [1.82, 2.24) is 14.6 Å². The molecule has 0 aliphatic heterocycles. The van der Waals surface area contributed by atoms with E-state index in [-0.39, 0.29) is 5.41 Å². The lowest BCUT2D eigenvalue weighted by Crippen LogP contribution is -2.25. The molecule has 2 aliphatic rings. The third-order valence-electron chi connectivity index (χ3n) is 9.82. The first-order chi connectivity index (χ1) is 22.2. The van der Waals surface area contributed by atoms with Crippen LogP contribution in [0.15, 0.2) is 146 Å². The van der Waals surface area contributed by atoms with Crippen molar-refractivity contribution in [3.05, 3.63) is 172 Å². The predicted octanol–water partition coefficient (Wildman–Crippen LogP) is 10.2. The van der Waals surface area contributed by atoms with Gasteiger partial charge >= 0.3 is 0 Å². The molecule has 10 rings (SSSR count). The van der Waals surface area contributed by atoms with E-state index in [1.807, 2.05) is 0 Å². The topological polar surface area (TPSA) is 30.2 Å². The molecule has 0 bridgehead atoms. The fraction of sp³-hybridized carbons (Fsp3) is 0.0244. The van der Waals surface area contributed by atoms with Crippen LogP contribution in [0.4, 0.5) is 0 Å². The molecular formula is C41H24IN3. The van der Waals surface area contributed by atoms with E-state index in [1.54, 1.807) is 0 Å². The van der Waals surface area contributed by atoms with Gasteiger partial charge in [-0.3, -0.25) is 4.40 Å². The molecule has 0 saturated heterocycles. The zero-order valence-corrected chi connectivity index (χ0v) is 26.2. The standard InChI is InChI=1S/C41H24IN3/c42-27-20-17-25(18-21-27)39-43-44-40-33-13-2-1-9-28(33)34(24-45(39)40)26-19-22-32-31-12-5-8-16-37(31)41(38(32)23-26)35-14-6-3-10-29(35)30-11-4-7-15-36(30)41/h1-24H. The summed E-state index contributed by atoms with van der Waals surface area (Å²) in [7, 11) is 0. The largest absolute Gasteiger partial charge is 0.281 e. The van der Waals surface area contributed by atoms with Crippen molar-refractivity contribution in [1.29, 1.82) is 0 Å². The summed E-state index contributed by atoms with van der Waals surface area (Å²) in [5, 5.41) is 11.6. The maximum atomic E-state index is 4.68. The molecule has 210 valence electrons. The molecule has 0 amide bonds. The summed E-state index contributed by atoms with van der Waals surface area (Å²) in [5.74, 6) is 0.845. The average Bonchev–Trinajstić information content (AvgIpc) is 3.75. The Morgan fingerprint density at radius 3 is 1.64 bits per heavy atom. The molecular weight excluding hydrogens is 661 g/mol. The van der Waals surface area contributed by atoms with Gasteiger partial charge in [0.2, 0.25) is 0 Å². The van der Waals surface area contributed by atoms with E-state index >= 15 is 0 Å². The van der Waals surface area contributed by atoms with Crippen molar-refractivity contribution in [3.63, 3.8) is 0 Å². The summed E-state index contributed by atoms with van der Waals surface area (Å²) in [6.07, 6.45) is 2.23. The molecule has 2 aromatic heterocycles. The van der Waals surface area contributed by atoms with Crippen LogP contribution >= 0.6 is 22.6 Å². The Kier molecular flexibility index (Phi) is 5.18. The Balaban J connectivity index is 1.29. The summed E-state index contributed by atoms with van der Waals surface area (Å²) >= 11 is 2.34. The molecule has 45 heavy (non-hydrogen) atoms. The maximum absolute atomic E-state index is 4.68. The van der Waals surface area contributed by atoms with Crippen LogP contribution in [0.3, 0.4) is 0 Å². The van der Waals surface area contributed by atoms with E-state index in [0.717, 1.165) is 28.0 Å². The normalized spacial score (nSPS) is 13.6. The van der Waals surface area contributed by atoms with Crippen LogP contribution in [0.2, 0.25) is 0 Å². The van der Waals surface area contributed by atoms with Gasteiger partial charge in [0, 0.05) is 26.3 Å². The van der Waals surface area contributed by atoms with Crippen molar-refractivity contribution in [2.75, 3.05) is 0 Å². The highest BCUT2D eigenvalue weighted by molar-refractivity contribution is 14.1. The molecule has 0 radical (unpaired) electrons.